The lowest BCUT2D eigenvalue weighted by Crippen LogP contribution is -2.83. The Hall–Kier alpha value is -2.20. The van der Waals surface area contributed by atoms with Crippen LogP contribution in [0.15, 0.2) is 42.5 Å². The number of nitrogens with two attached hydrogens (primary N) is 1. The van der Waals surface area contributed by atoms with Crippen LogP contribution < -0.4 is 19.5 Å². The molecule has 0 fully saturated rings. The van der Waals surface area contributed by atoms with Gasteiger partial charge < -0.3 is 19.5 Å². The van der Waals surface area contributed by atoms with Gasteiger partial charge in [-0.1, -0.05) is 12.1 Å². The second-order valence-corrected chi connectivity index (χ2v) is 5.30. The smallest absolute Gasteiger partial charge is 0.161 e. The molecular weight excluding hydrogens is 290 g/mol. The topological polar surface area (TPSA) is 44.3 Å². The highest BCUT2D eigenvalue weighted by Gasteiger charge is 2.06. The molecule has 0 spiro atoms. The Labute approximate surface area is 138 Å². The maximum absolute atomic E-state index is 5.62. The van der Waals surface area contributed by atoms with Crippen LogP contribution in [-0.4, -0.2) is 27.4 Å². The van der Waals surface area contributed by atoms with Crippen molar-refractivity contribution in [1.29, 1.82) is 0 Å². The number of ether oxygens (including phenoxy) is 3. The van der Waals surface area contributed by atoms with Crippen molar-refractivity contribution in [3.63, 3.8) is 0 Å². The van der Waals surface area contributed by atoms with Crippen molar-refractivity contribution < 1.29 is 19.5 Å². The second-order valence-electron chi connectivity index (χ2n) is 5.30. The molecule has 2 N–H and O–H groups in total. The molecule has 0 saturated heterocycles. The molecule has 0 unspecified atom stereocenters. The van der Waals surface area contributed by atoms with Crippen molar-refractivity contribution in [1.82, 2.24) is 0 Å². The average Bonchev–Trinajstić information content (AvgIpc) is 2.59. The highest BCUT2D eigenvalue weighted by Crippen LogP contribution is 2.27. The highest BCUT2D eigenvalue weighted by atomic mass is 16.5. The molecule has 0 bridgehead atoms. The van der Waals surface area contributed by atoms with E-state index in [4.69, 9.17) is 14.2 Å². The first kappa shape index (κ1) is 17.2. The summed E-state index contributed by atoms with van der Waals surface area (Å²) in [5, 5.41) is 2.30. The number of methoxy groups -OCH3 is 2. The molecule has 2 aromatic rings. The van der Waals surface area contributed by atoms with E-state index in [0.717, 1.165) is 36.8 Å². The molecule has 0 amide bonds. The summed E-state index contributed by atoms with van der Waals surface area (Å²) in [4.78, 5) is 0. The summed E-state index contributed by atoms with van der Waals surface area (Å²) >= 11 is 0. The van der Waals surface area contributed by atoms with Gasteiger partial charge in [-0.25, -0.2) is 0 Å². The first-order valence-corrected chi connectivity index (χ1v) is 8.01. The molecule has 4 heteroatoms. The largest absolute Gasteiger partial charge is 0.497 e. The van der Waals surface area contributed by atoms with Crippen molar-refractivity contribution in [2.75, 3.05) is 27.4 Å². The van der Waals surface area contributed by atoms with Gasteiger partial charge >= 0.3 is 0 Å². The lowest BCUT2D eigenvalue weighted by molar-refractivity contribution is -0.670. The number of benzene rings is 2. The fourth-order valence-electron chi connectivity index (χ4n) is 2.48. The summed E-state index contributed by atoms with van der Waals surface area (Å²) in [7, 11) is 3.36. The van der Waals surface area contributed by atoms with Gasteiger partial charge in [0, 0.05) is 12.0 Å². The Morgan fingerprint density at radius 2 is 1.78 bits per heavy atom. The van der Waals surface area contributed by atoms with Crippen molar-refractivity contribution >= 4 is 0 Å². The molecule has 0 aromatic heterocycles. The third-order valence-electron chi connectivity index (χ3n) is 3.68. The summed E-state index contributed by atoms with van der Waals surface area (Å²) < 4.78 is 16.2. The summed E-state index contributed by atoms with van der Waals surface area (Å²) in [6.07, 6.45) is 1.02. The maximum Gasteiger partial charge on any atom is 0.161 e. The Balaban J connectivity index is 1.84. The third kappa shape index (κ3) is 5.18. The van der Waals surface area contributed by atoms with Crippen molar-refractivity contribution in [3.05, 3.63) is 53.6 Å². The van der Waals surface area contributed by atoms with Gasteiger partial charge in [-0.15, -0.1) is 0 Å². The van der Waals surface area contributed by atoms with Gasteiger partial charge in [0.2, 0.25) is 0 Å². The van der Waals surface area contributed by atoms with E-state index in [0.29, 0.717) is 6.61 Å². The Kier molecular flexibility index (Phi) is 6.76. The average molecular weight is 316 g/mol. The maximum atomic E-state index is 5.62. The fourth-order valence-corrected chi connectivity index (χ4v) is 2.48. The minimum Gasteiger partial charge on any atom is -0.497 e. The van der Waals surface area contributed by atoms with Crippen LogP contribution >= 0.6 is 0 Å². The van der Waals surface area contributed by atoms with Crippen molar-refractivity contribution in [2.45, 2.75) is 19.9 Å². The molecule has 0 aliphatic rings. The van der Waals surface area contributed by atoms with Crippen LogP contribution in [0, 0.1) is 0 Å². The second kappa shape index (κ2) is 9.06. The Morgan fingerprint density at radius 1 is 0.913 bits per heavy atom. The predicted molar refractivity (Wildman–Crippen MR) is 91.4 cm³/mol. The summed E-state index contributed by atoms with van der Waals surface area (Å²) in [5.41, 5.74) is 2.53. The molecule has 124 valence electrons. The van der Waals surface area contributed by atoms with Crippen LogP contribution in [-0.2, 0) is 13.0 Å². The number of hydrogen-bond acceptors (Lipinski definition) is 3. The molecule has 0 saturated carbocycles. The molecule has 2 aromatic carbocycles. The molecule has 0 heterocycles. The van der Waals surface area contributed by atoms with Gasteiger partial charge in [-0.2, -0.15) is 0 Å². The monoisotopic (exact) mass is 316 g/mol. The van der Waals surface area contributed by atoms with E-state index >= 15 is 0 Å². The molecule has 0 aliphatic carbocycles. The first-order valence-electron chi connectivity index (χ1n) is 8.01. The molecule has 0 aliphatic heterocycles. The van der Waals surface area contributed by atoms with E-state index in [2.05, 4.69) is 29.6 Å². The molecule has 23 heavy (non-hydrogen) atoms. The lowest BCUT2D eigenvalue weighted by atomic mass is 10.1. The molecule has 0 atom stereocenters. The van der Waals surface area contributed by atoms with E-state index in [9.17, 15) is 0 Å². The Morgan fingerprint density at radius 3 is 2.52 bits per heavy atom. The van der Waals surface area contributed by atoms with Gasteiger partial charge in [0.05, 0.1) is 27.4 Å². The normalized spacial score (nSPS) is 10.4. The Bertz CT molecular complexity index is 613. The minimum atomic E-state index is 0.638. The van der Waals surface area contributed by atoms with Gasteiger partial charge in [0.25, 0.3) is 0 Å². The van der Waals surface area contributed by atoms with E-state index in [-0.39, 0.29) is 0 Å². The number of hydrogen-bond donors (Lipinski definition) is 1. The van der Waals surface area contributed by atoms with Crippen molar-refractivity contribution in [2.24, 2.45) is 0 Å². The molecular formula is C19H26NO3+. The standard InChI is InChI=1S/C19H25NO3/c1-4-23-19-13-16(8-9-18(19)22-3)14-20-11-10-15-6-5-7-17(12-15)21-2/h5-9,12-13,20H,4,10-11,14H2,1-3H3/p+1. The van der Waals surface area contributed by atoms with Gasteiger partial charge in [-0.05, 0) is 42.8 Å². The predicted octanol–water partition coefficient (Wildman–Crippen LogP) is 2.41. The van der Waals surface area contributed by atoms with E-state index in [1.165, 1.54) is 11.1 Å². The van der Waals surface area contributed by atoms with Gasteiger partial charge in [-0.3, -0.25) is 0 Å². The summed E-state index contributed by atoms with van der Waals surface area (Å²) in [6.45, 7) is 4.57. The van der Waals surface area contributed by atoms with Gasteiger partial charge in [0.1, 0.15) is 12.3 Å². The summed E-state index contributed by atoms with van der Waals surface area (Å²) in [5.74, 6) is 2.51. The SMILES string of the molecule is CCOc1cc(C[NH2+]CCc2cccc(OC)c2)ccc1OC. The molecule has 0 radical (unpaired) electrons. The molecule has 2 rings (SSSR count). The fraction of sp³-hybridized carbons (Fsp3) is 0.368. The zero-order valence-corrected chi connectivity index (χ0v) is 14.2. The van der Waals surface area contributed by atoms with Crippen LogP contribution in [0.5, 0.6) is 17.2 Å². The van der Waals surface area contributed by atoms with E-state index < -0.39 is 0 Å². The van der Waals surface area contributed by atoms with Crippen LogP contribution in [0.2, 0.25) is 0 Å². The zero-order valence-electron chi connectivity index (χ0n) is 14.2. The highest BCUT2D eigenvalue weighted by molar-refractivity contribution is 5.42. The van der Waals surface area contributed by atoms with Gasteiger partial charge in [0.15, 0.2) is 11.5 Å². The van der Waals surface area contributed by atoms with Crippen LogP contribution in [0.1, 0.15) is 18.1 Å². The van der Waals surface area contributed by atoms with Crippen LogP contribution in [0.25, 0.3) is 0 Å². The minimum absolute atomic E-state index is 0.638. The quantitative estimate of drug-likeness (QED) is 0.723. The van der Waals surface area contributed by atoms with E-state index in [1.54, 1.807) is 14.2 Å². The lowest BCUT2D eigenvalue weighted by Gasteiger charge is -2.10. The van der Waals surface area contributed by atoms with Crippen molar-refractivity contribution in [3.8, 4) is 17.2 Å². The number of rotatable bonds is 9. The zero-order chi connectivity index (χ0) is 16.5. The van der Waals surface area contributed by atoms with E-state index in [1.807, 2.05) is 25.1 Å². The first-order chi connectivity index (χ1) is 11.3. The van der Waals surface area contributed by atoms with Crippen LogP contribution in [0.4, 0.5) is 0 Å². The third-order valence-corrected chi connectivity index (χ3v) is 3.68. The number of quaternary nitrogens is 1. The molecule has 4 nitrogen and oxygen atoms in total. The van der Waals surface area contributed by atoms with Crippen LogP contribution in [0.3, 0.4) is 0 Å². The summed E-state index contributed by atoms with van der Waals surface area (Å²) in [6, 6.07) is 14.3.